The summed E-state index contributed by atoms with van der Waals surface area (Å²) in [6.07, 6.45) is -3.01. The van der Waals surface area contributed by atoms with E-state index in [1.54, 1.807) is 0 Å². The number of rotatable bonds is 3. The van der Waals surface area contributed by atoms with E-state index in [9.17, 15) is 15.3 Å². The van der Waals surface area contributed by atoms with Crippen LogP contribution in [0.3, 0.4) is 0 Å². The smallest absolute Gasteiger partial charge is 0.173 e. The Morgan fingerprint density at radius 1 is 1.00 bits per heavy atom. The van der Waals surface area contributed by atoms with Crippen LogP contribution >= 0.6 is 0 Å². The summed E-state index contributed by atoms with van der Waals surface area (Å²) >= 11 is 0. The second-order valence-electron chi connectivity index (χ2n) is 6.00. The van der Waals surface area contributed by atoms with Crippen LogP contribution in [0.4, 0.5) is 0 Å². The third kappa shape index (κ3) is 3.38. The first-order valence-electron chi connectivity index (χ1n) is 7.48. The van der Waals surface area contributed by atoms with Crippen LogP contribution in [0, 0.1) is 0 Å². The third-order valence-electron chi connectivity index (χ3n) is 4.49. The molecule has 0 radical (unpaired) electrons. The molecular weight excluding hydrogens is 278 g/mol. The molecule has 4 unspecified atom stereocenters. The summed E-state index contributed by atoms with van der Waals surface area (Å²) in [5.41, 5.74) is 17.5. The van der Waals surface area contributed by atoms with Gasteiger partial charge in [-0.05, 0) is 19.3 Å². The van der Waals surface area contributed by atoms with Gasteiger partial charge in [0, 0.05) is 0 Å². The van der Waals surface area contributed by atoms with Crippen molar-refractivity contribution < 1.29 is 24.8 Å². The van der Waals surface area contributed by atoms with Crippen molar-refractivity contribution in [1.82, 2.24) is 0 Å². The maximum atomic E-state index is 10.1. The number of aliphatic hydroxyl groups excluding tert-OH is 3. The number of ether oxygens (including phenoxy) is 2. The standard InChI is InChI=1S/C13H27N3O5/c1-2-5-3-4-6(14)13(20-5)21-12-8(16)9(17)7(15)10(18)11(12)19/h5-13,17-19H,2-4,14-16H2,1H3/t5-,6?,7?,8+,9+,10+,11?,12?,13-/m1/s1. The van der Waals surface area contributed by atoms with Crippen molar-refractivity contribution in [3.8, 4) is 0 Å². The van der Waals surface area contributed by atoms with Crippen molar-refractivity contribution in [3.05, 3.63) is 0 Å². The maximum absolute atomic E-state index is 10.1. The second kappa shape index (κ2) is 6.84. The van der Waals surface area contributed by atoms with Gasteiger partial charge >= 0.3 is 0 Å². The molecule has 1 saturated carbocycles. The highest BCUT2D eigenvalue weighted by Crippen LogP contribution is 2.27. The molecule has 0 bridgehead atoms. The van der Waals surface area contributed by atoms with Crippen LogP contribution in [0.2, 0.25) is 0 Å². The lowest BCUT2D eigenvalue weighted by Crippen LogP contribution is -2.70. The Balaban J connectivity index is 2.06. The molecule has 0 aromatic heterocycles. The van der Waals surface area contributed by atoms with E-state index in [2.05, 4.69) is 0 Å². The zero-order chi connectivity index (χ0) is 15.7. The lowest BCUT2D eigenvalue weighted by molar-refractivity contribution is -0.261. The van der Waals surface area contributed by atoms with Crippen LogP contribution in [-0.2, 0) is 9.47 Å². The van der Waals surface area contributed by atoms with Crippen LogP contribution in [-0.4, -0.2) is 70.3 Å². The fourth-order valence-corrected chi connectivity index (χ4v) is 2.94. The van der Waals surface area contributed by atoms with Gasteiger partial charge in [0.15, 0.2) is 6.29 Å². The monoisotopic (exact) mass is 305 g/mol. The Morgan fingerprint density at radius 3 is 2.29 bits per heavy atom. The average molecular weight is 305 g/mol. The first kappa shape index (κ1) is 17.0. The predicted molar refractivity (Wildman–Crippen MR) is 75.0 cm³/mol. The second-order valence-corrected chi connectivity index (χ2v) is 6.00. The number of hydrogen-bond acceptors (Lipinski definition) is 8. The molecule has 124 valence electrons. The molecule has 1 aliphatic carbocycles. The fraction of sp³-hybridized carbons (Fsp3) is 1.00. The molecule has 8 heteroatoms. The van der Waals surface area contributed by atoms with Gasteiger partial charge in [-0.15, -0.1) is 0 Å². The lowest BCUT2D eigenvalue weighted by Gasteiger charge is -2.45. The normalized spacial score (nSPS) is 51.9. The van der Waals surface area contributed by atoms with Crippen molar-refractivity contribution in [2.24, 2.45) is 17.2 Å². The summed E-state index contributed by atoms with van der Waals surface area (Å²) in [6, 6.07) is -2.27. The van der Waals surface area contributed by atoms with Gasteiger partial charge < -0.3 is 42.0 Å². The molecule has 8 nitrogen and oxygen atoms in total. The van der Waals surface area contributed by atoms with Crippen molar-refractivity contribution in [3.63, 3.8) is 0 Å². The van der Waals surface area contributed by atoms with Crippen molar-refractivity contribution in [1.29, 1.82) is 0 Å². The number of aliphatic hydroxyl groups is 3. The lowest BCUT2D eigenvalue weighted by atomic mass is 9.82. The Morgan fingerprint density at radius 2 is 1.67 bits per heavy atom. The third-order valence-corrected chi connectivity index (χ3v) is 4.49. The summed E-state index contributed by atoms with van der Waals surface area (Å²) in [5, 5.41) is 29.9. The Kier molecular flexibility index (Phi) is 5.55. The van der Waals surface area contributed by atoms with Crippen molar-refractivity contribution in [2.45, 2.75) is 81.1 Å². The van der Waals surface area contributed by atoms with Gasteiger partial charge in [-0.25, -0.2) is 0 Å². The first-order valence-corrected chi connectivity index (χ1v) is 7.48. The Bertz CT molecular complexity index is 332. The molecule has 21 heavy (non-hydrogen) atoms. The van der Waals surface area contributed by atoms with Gasteiger partial charge in [-0.2, -0.15) is 0 Å². The van der Waals surface area contributed by atoms with Gasteiger partial charge in [-0.3, -0.25) is 0 Å². The SMILES string of the molecule is CC[C@@H]1CCC(N)[C@@H](OC2C(O)[C@@H](O)C(N)[C@H](O)[C@@H]2N)O1. The van der Waals surface area contributed by atoms with Crippen LogP contribution in [0.25, 0.3) is 0 Å². The van der Waals surface area contributed by atoms with E-state index in [0.717, 1.165) is 19.3 Å². The summed E-state index contributed by atoms with van der Waals surface area (Å²) in [4.78, 5) is 0. The maximum Gasteiger partial charge on any atom is 0.173 e. The molecule has 0 spiro atoms. The van der Waals surface area contributed by atoms with Crippen LogP contribution in [0.15, 0.2) is 0 Å². The van der Waals surface area contributed by atoms with E-state index in [4.69, 9.17) is 26.7 Å². The van der Waals surface area contributed by atoms with E-state index < -0.39 is 42.8 Å². The molecule has 9 N–H and O–H groups in total. The van der Waals surface area contributed by atoms with Crippen LogP contribution in [0.5, 0.6) is 0 Å². The molecule has 0 amide bonds. The molecule has 0 aromatic rings. The Hall–Kier alpha value is -0.320. The first-order chi connectivity index (χ1) is 9.86. The molecule has 1 aliphatic heterocycles. The molecule has 2 fully saturated rings. The van der Waals surface area contributed by atoms with Crippen molar-refractivity contribution in [2.75, 3.05) is 0 Å². The minimum atomic E-state index is -1.31. The van der Waals surface area contributed by atoms with E-state index in [1.807, 2.05) is 6.92 Å². The molecule has 2 aliphatic rings. The van der Waals surface area contributed by atoms with E-state index in [0.29, 0.717) is 0 Å². The van der Waals surface area contributed by atoms with E-state index in [1.165, 1.54) is 0 Å². The summed E-state index contributed by atoms with van der Waals surface area (Å²) < 4.78 is 11.4. The Labute approximate surface area is 124 Å². The van der Waals surface area contributed by atoms with Crippen LogP contribution in [0.1, 0.15) is 26.2 Å². The number of hydrogen-bond donors (Lipinski definition) is 6. The zero-order valence-corrected chi connectivity index (χ0v) is 12.2. The highest BCUT2D eigenvalue weighted by atomic mass is 16.7. The summed E-state index contributed by atoms with van der Waals surface area (Å²) in [7, 11) is 0. The quantitative estimate of drug-likeness (QED) is 0.330. The van der Waals surface area contributed by atoms with E-state index >= 15 is 0 Å². The van der Waals surface area contributed by atoms with Gasteiger partial charge in [0.05, 0.1) is 30.3 Å². The van der Waals surface area contributed by atoms with Crippen molar-refractivity contribution >= 4 is 0 Å². The minimum Gasteiger partial charge on any atom is -0.390 e. The highest BCUT2D eigenvalue weighted by Gasteiger charge is 2.48. The molecular formula is C13H27N3O5. The largest absolute Gasteiger partial charge is 0.390 e. The summed E-state index contributed by atoms with van der Waals surface area (Å²) in [5.74, 6) is 0. The van der Waals surface area contributed by atoms with Gasteiger partial charge in [0.2, 0.25) is 0 Å². The average Bonchev–Trinajstić information content (AvgIpc) is 2.49. The topological polar surface area (TPSA) is 157 Å². The predicted octanol–water partition coefficient (Wildman–Crippen LogP) is -2.64. The molecule has 1 heterocycles. The van der Waals surface area contributed by atoms with Gasteiger partial charge in [-0.1, -0.05) is 6.92 Å². The molecule has 9 atom stereocenters. The van der Waals surface area contributed by atoms with E-state index in [-0.39, 0.29) is 12.1 Å². The number of nitrogens with two attached hydrogens (primary N) is 3. The van der Waals surface area contributed by atoms with Gasteiger partial charge in [0.1, 0.15) is 18.3 Å². The fourth-order valence-electron chi connectivity index (χ4n) is 2.94. The summed E-state index contributed by atoms with van der Waals surface area (Å²) in [6.45, 7) is 2.01. The minimum absolute atomic E-state index is 0.0452. The molecule has 1 saturated heterocycles. The highest BCUT2D eigenvalue weighted by molar-refractivity contribution is 5.03. The molecule has 0 aromatic carbocycles. The van der Waals surface area contributed by atoms with Gasteiger partial charge in [0.25, 0.3) is 0 Å². The zero-order valence-electron chi connectivity index (χ0n) is 12.2. The molecule has 2 rings (SSSR count). The van der Waals surface area contributed by atoms with Crippen LogP contribution < -0.4 is 17.2 Å².